The molecule has 1 aromatic heterocycles. The maximum Gasteiger partial charge on any atom is 0.321 e. The molecule has 9 heteroatoms. The molecule has 4 rings (SSSR count). The predicted octanol–water partition coefficient (Wildman–Crippen LogP) is 5.97. The molecule has 0 fully saturated rings. The summed E-state index contributed by atoms with van der Waals surface area (Å²) < 4.78 is 13.7. The van der Waals surface area contributed by atoms with Crippen LogP contribution in [0.3, 0.4) is 0 Å². The molecule has 0 unspecified atom stereocenters. The molecule has 0 bridgehead atoms. The van der Waals surface area contributed by atoms with Gasteiger partial charge in [0, 0.05) is 12.1 Å². The van der Waals surface area contributed by atoms with Gasteiger partial charge in [-0.1, -0.05) is 47.2 Å². The average molecular weight is 469 g/mol. The molecular formula is C23H18ClFN4O2S. The summed E-state index contributed by atoms with van der Waals surface area (Å²) in [5, 5.41) is 9.09. The number of nitrogens with zero attached hydrogens (tertiary/aromatic N) is 1. The van der Waals surface area contributed by atoms with Gasteiger partial charge >= 0.3 is 6.03 Å². The summed E-state index contributed by atoms with van der Waals surface area (Å²) in [6, 6.07) is 16.0. The van der Waals surface area contributed by atoms with E-state index in [0.717, 1.165) is 15.8 Å². The number of hydrogen-bond donors (Lipinski definition) is 3. The van der Waals surface area contributed by atoms with Crippen molar-refractivity contribution in [1.29, 1.82) is 0 Å². The number of amides is 3. The van der Waals surface area contributed by atoms with Gasteiger partial charge in [0.25, 0.3) is 5.91 Å². The second kappa shape index (κ2) is 9.33. The summed E-state index contributed by atoms with van der Waals surface area (Å²) in [6.07, 6.45) is 0. The fourth-order valence-electron chi connectivity index (χ4n) is 3.02. The third-order valence-electron chi connectivity index (χ3n) is 4.70. The lowest BCUT2D eigenvalue weighted by Crippen LogP contribution is -2.28. The van der Waals surface area contributed by atoms with Gasteiger partial charge < -0.3 is 10.6 Å². The zero-order valence-corrected chi connectivity index (χ0v) is 18.5. The van der Waals surface area contributed by atoms with Crippen LogP contribution in [0.25, 0.3) is 10.2 Å². The second-order valence-electron chi connectivity index (χ2n) is 7.02. The number of aryl methyl sites for hydroxylation is 1. The van der Waals surface area contributed by atoms with E-state index in [0.29, 0.717) is 26.9 Å². The first kappa shape index (κ1) is 21.7. The average Bonchev–Trinajstić information content (AvgIpc) is 3.17. The van der Waals surface area contributed by atoms with Crippen molar-refractivity contribution in [3.63, 3.8) is 0 Å². The zero-order chi connectivity index (χ0) is 22.7. The van der Waals surface area contributed by atoms with Gasteiger partial charge in [-0.05, 0) is 54.4 Å². The fourth-order valence-corrected chi connectivity index (χ4v) is 4.19. The number of hydrogen-bond acceptors (Lipinski definition) is 4. The van der Waals surface area contributed by atoms with Crippen molar-refractivity contribution in [2.45, 2.75) is 13.5 Å². The Morgan fingerprint density at radius 3 is 2.59 bits per heavy atom. The molecule has 4 aromatic rings. The minimum atomic E-state index is -0.430. The highest BCUT2D eigenvalue weighted by atomic mass is 35.5. The number of halogens is 2. The number of nitrogens with one attached hydrogen (secondary N) is 3. The highest BCUT2D eigenvalue weighted by Gasteiger charge is 2.13. The number of benzene rings is 3. The molecule has 0 saturated heterocycles. The molecule has 6 nitrogen and oxygen atoms in total. The first-order chi connectivity index (χ1) is 15.4. The molecule has 0 spiro atoms. The number of carbonyl (C=O) groups excluding carboxylic acids is 2. The highest BCUT2D eigenvalue weighted by molar-refractivity contribution is 7.22. The van der Waals surface area contributed by atoms with Crippen molar-refractivity contribution < 1.29 is 14.0 Å². The van der Waals surface area contributed by atoms with Gasteiger partial charge in [0.1, 0.15) is 5.82 Å². The van der Waals surface area contributed by atoms with Crippen LogP contribution in [0, 0.1) is 12.7 Å². The van der Waals surface area contributed by atoms with Crippen LogP contribution in [0.5, 0.6) is 0 Å². The number of urea groups is 1. The van der Waals surface area contributed by atoms with Crippen molar-refractivity contribution >= 4 is 55.9 Å². The number of rotatable bonds is 5. The van der Waals surface area contributed by atoms with Crippen LogP contribution in [0.1, 0.15) is 21.5 Å². The van der Waals surface area contributed by atoms with Crippen molar-refractivity contribution in [1.82, 2.24) is 10.3 Å². The summed E-state index contributed by atoms with van der Waals surface area (Å²) in [5.74, 6) is -0.620. The quantitative estimate of drug-likeness (QED) is 0.337. The SMILES string of the molecule is Cc1cccc(Cl)c1NC(=O)c1ccc2nc(NC(=O)NCc3ccc(F)cc3)sc2c1. The molecule has 1 heterocycles. The standard InChI is InChI=1S/C23H18ClFN4O2S/c1-13-3-2-4-17(24)20(13)28-21(30)15-7-10-18-19(11-15)32-23(27-18)29-22(31)26-12-14-5-8-16(25)9-6-14/h2-11H,12H2,1H3,(H,28,30)(H2,26,27,29,31). The third kappa shape index (κ3) is 5.04. The molecular weight excluding hydrogens is 451 g/mol. The van der Waals surface area contributed by atoms with Crippen LogP contribution in [-0.2, 0) is 6.54 Å². The minimum absolute atomic E-state index is 0.253. The summed E-state index contributed by atoms with van der Waals surface area (Å²) >= 11 is 7.45. The number of aromatic nitrogens is 1. The van der Waals surface area contributed by atoms with Crippen LogP contribution >= 0.6 is 22.9 Å². The van der Waals surface area contributed by atoms with Gasteiger partial charge in [0.15, 0.2) is 5.13 Å². The van der Waals surface area contributed by atoms with Crippen LogP contribution in [0.2, 0.25) is 5.02 Å². The van der Waals surface area contributed by atoms with Gasteiger partial charge in [0.2, 0.25) is 0 Å². The molecule has 0 saturated carbocycles. The largest absolute Gasteiger partial charge is 0.334 e. The lowest BCUT2D eigenvalue weighted by Gasteiger charge is -2.10. The van der Waals surface area contributed by atoms with E-state index in [9.17, 15) is 14.0 Å². The van der Waals surface area contributed by atoms with Gasteiger partial charge in [0.05, 0.1) is 20.9 Å². The van der Waals surface area contributed by atoms with E-state index in [2.05, 4.69) is 20.9 Å². The van der Waals surface area contributed by atoms with Gasteiger partial charge in [-0.2, -0.15) is 0 Å². The third-order valence-corrected chi connectivity index (χ3v) is 5.95. The van der Waals surface area contributed by atoms with Crippen molar-refractivity contribution in [3.8, 4) is 0 Å². The van der Waals surface area contributed by atoms with Crippen molar-refractivity contribution in [2.24, 2.45) is 0 Å². The molecule has 0 aliphatic carbocycles. The molecule has 0 aliphatic rings. The summed E-state index contributed by atoms with van der Waals surface area (Å²) in [6.45, 7) is 2.12. The zero-order valence-electron chi connectivity index (χ0n) is 16.9. The minimum Gasteiger partial charge on any atom is -0.334 e. The maximum atomic E-state index is 13.0. The van der Waals surface area contributed by atoms with Gasteiger partial charge in [-0.3, -0.25) is 10.1 Å². The molecule has 3 N–H and O–H groups in total. The summed E-state index contributed by atoms with van der Waals surface area (Å²) in [7, 11) is 0. The lowest BCUT2D eigenvalue weighted by atomic mass is 10.1. The summed E-state index contributed by atoms with van der Waals surface area (Å²) in [4.78, 5) is 29.2. The van der Waals surface area contributed by atoms with Gasteiger partial charge in [-0.15, -0.1) is 0 Å². The number of anilines is 2. The van der Waals surface area contributed by atoms with Crippen LogP contribution in [-0.4, -0.2) is 16.9 Å². The Morgan fingerprint density at radius 2 is 1.84 bits per heavy atom. The van der Waals surface area contributed by atoms with E-state index in [1.165, 1.54) is 23.5 Å². The van der Waals surface area contributed by atoms with Crippen LogP contribution in [0.15, 0.2) is 60.7 Å². The van der Waals surface area contributed by atoms with Crippen molar-refractivity contribution in [3.05, 3.63) is 88.2 Å². The Kier molecular flexibility index (Phi) is 6.34. The second-order valence-corrected chi connectivity index (χ2v) is 8.46. The van der Waals surface area contributed by atoms with E-state index in [1.54, 1.807) is 36.4 Å². The van der Waals surface area contributed by atoms with E-state index in [1.807, 2.05) is 19.1 Å². The van der Waals surface area contributed by atoms with E-state index in [4.69, 9.17) is 11.6 Å². The molecule has 162 valence electrons. The first-order valence-corrected chi connectivity index (χ1v) is 10.8. The predicted molar refractivity (Wildman–Crippen MR) is 126 cm³/mol. The Morgan fingerprint density at radius 1 is 1.06 bits per heavy atom. The topological polar surface area (TPSA) is 83.1 Å². The molecule has 0 atom stereocenters. The Bertz CT molecular complexity index is 1290. The summed E-state index contributed by atoms with van der Waals surface area (Å²) in [5.41, 5.74) is 3.32. The molecule has 0 aliphatic heterocycles. The fraction of sp³-hybridized carbons (Fsp3) is 0.0870. The van der Waals surface area contributed by atoms with E-state index < -0.39 is 6.03 Å². The monoisotopic (exact) mass is 468 g/mol. The smallest absolute Gasteiger partial charge is 0.321 e. The number of fused-ring (bicyclic) bond motifs is 1. The highest BCUT2D eigenvalue weighted by Crippen LogP contribution is 2.29. The first-order valence-electron chi connectivity index (χ1n) is 9.65. The molecule has 3 amide bonds. The normalized spacial score (nSPS) is 10.7. The molecule has 3 aromatic carbocycles. The van der Waals surface area contributed by atoms with E-state index in [-0.39, 0.29) is 18.3 Å². The molecule has 32 heavy (non-hydrogen) atoms. The Hall–Kier alpha value is -3.49. The maximum absolute atomic E-state index is 13.0. The number of thiazole rings is 1. The van der Waals surface area contributed by atoms with Gasteiger partial charge in [-0.25, -0.2) is 14.2 Å². The van der Waals surface area contributed by atoms with Crippen molar-refractivity contribution in [2.75, 3.05) is 10.6 Å². The van der Waals surface area contributed by atoms with Crippen LogP contribution < -0.4 is 16.0 Å². The lowest BCUT2D eigenvalue weighted by molar-refractivity contribution is 0.102. The van der Waals surface area contributed by atoms with E-state index >= 15 is 0 Å². The van der Waals surface area contributed by atoms with Crippen LogP contribution in [0.4, 0.5) is 20.0 Å². The number of carbonyl (C=O) groups is 2. The Balaban J connectivity index is 1.42. The molecule has 0 radical (unpaired) electrons. The number of para-hydroxylation sites is 1. The Labute approximate surface area is 192 Å².